The van der Waals surface area contributed by atoms with Gasteiger partial charge >= 0.3 is 0 Å². The summed E-state index contributed by atoms with van der Waals surface area (Å²) in [5.41, 5.74) is 2.64. The van der Waals surface area contributed by atoms with Gasteiger partial charge in [0.15, 0.2) is 5.82 Å². The largest absolute Gasteiger partial charge is 0.227 e. The molecule has 0 atom stereocenters. The normalized spacial score (nSPS) is 11.0. The van der Waals surface area contributed by atoms with Crippen LogP contribution in [0.2, 0.25) is 10.2 Å². The highest BCUT2D eigenvalue weighted by Crippen LogP contribution is 2.32. The Morgan fingerprint density at radius 3 is 2.60 bits per heavy atom. The second-order valence-corrected chi connectivity index (χ2v) is 6.08. The van der Waals surface area contributed by atoms with Crippen LogP contribution in [-0.4, -0.2) is 9.97 Å². The second-order valence-electron chi connectivity index (χ2n) is 4.46. The summed E-state index contributed by atoms with van der Waals surface area (Å²) in [5.74, 6) is 0.527. The van der Waals surface area contributed by atoms with E-state index in [2.05, 4.69) is 25.9 Å². The van der Waals surface area contributed by atoms with Crippen molar-refractivity contribution < 1.29 is 0 Å². The summed E-state index contributed by atoms with van der Waals surface area (Å²) in [7, 11) is 0. The number of hydrogen-bond donors (Lipinski definition) is 0. The summed E-state index contributed by atoms with van der Waals surface area (Å²) < 4.78 is 0.879. The molecule has 20 heavy (non-hydrogen) atoms. The number of rotatable bonds is 1. The number of nitrogens with zero attached hydrogens (tertiary/aromatic N) is 2. The average Bonchev–Trinajstić information content (AvgIpc) is 2.40. The first kappa shape index (κ1) is 13.8. The van der Waals surface area contributed by atoms with Crippen molar-refractivity contribution in [3.63, 3.8) is 0 Å². The van der Waals surface area contributed by atoms with Crippen molar-refractivity contribution in [2.45, 2.75) is 6.92 Å². The maximum absolute atomic E-state index is 6.27. The van der Waals surface area contributed by atoms with E-state index in [4.69, 9.17) is 23.2 Å². The number of para-hydroxylation sites is 1. The predicted molar refractivity (Wildman–Crippen MR) is 87.4 cm³/mol. The standard InChI is InChI=1S/C15H9BrCl2N2/c1-8-5-6-9(12(17)7-8)15-19-13-10(14(18)20-15)3-2-4-11(13)16/h2-7H,1H3. The number of hydrogen-bond acceptors (Lipinski definition) is 2. The molecule has 100 valence electrons. The third-order valence-corrected chi connectivity index (χ3v) is 4.24. The number of fused-ring (bicyclic) bond motifs is 1. The number of benzene rings is 2. The first-order valence-electron chi connectivity index (χ1n) is 5.94. The molecule has 0 saturated carbocycles. The summed E-state index contributed by atoms with van der Waals surface area (Å²) in [6, 6.07) is 11.5. The lowest BCUT2D eigenvalue weighted by molar-refractivity contribution is 1.22. The molecular weight excluding hydrogens is 359 g/mol. The van der Waals surface area contributed by atoms with Crippen LogP contribution >= 0.6 is 39.1 Å². The molecule has 1 heterocycles. The maximum atomic E-state index is 6.27. The van der Waals surface area contributed by atoms with E-state index in [-0.39, 0.29) is 0 Å². The van der Waals surface area contributed by atoms with Gasteiger partial charge in [-0.25, -0.2) is 9.97 Å². The van der Waals surface area contributed by atoms with Gasteiger partial charge in [-0.05, 0) is 52.7 Å². The van der Waals surface area contributed by atoms with E-state index in [0.717, 1.165) is 26.5 Å². The first-order valence-corrected chi connectivity index (χ1v) is 7.49. The molecule has 0 aliphatic rings. The van der Waals surface area contributed by atoms with Gasteiger partial charge in [-0.2, -0.15) is 0 Å². The predicted octanol–water partition coefficient (Wildman–Crippen LogP) is 5.67. The van der Waals surface area contributed by atoms with Crippen molar-refractivity contribution in [3.05, 3.63) is 56.6 Å². The Labute approximate surface area is 134 Å². The molecule has 0 spiro atoms. The van der Waals surface area contributed by atoms with Gasteiger partial charge in [0.2, 0.25) is 0 Å². The lowest BCUT2D eigenvalue weighted by Gasteiger charge is -2.08. The zero-order valence-electron chi connectivity index (χ0n) is 10.5. The average molecular weight is 368 g/mol. The Morgan fingerprint density at radius 1 is 1.05 bits per heavy atom. The fraction of sp³-hybridized carbons (Fsp3) is 0.0667. The van der Waals surface area contributed by atoms with E-state index < -0.39 is 0 Å². The quantitative estimate of drug-likeness (QED) is 0.517. The van der Waals surface area contributed by atoms with Gasteiger partial charge in [0.25, 0.3) is 0 Å². The molecule has 0 unspecified atom stereocenters. The third kappa shape index (κ3) is 2.41. The molecule has 0 aliphatic carbocycles. The van der Waals surface area contributed by atoms with Crippen molar-refractivity contribution in [2.24, 2.45) is 0 Å². The maximum Gasteiger partial charge on any atom is 0.163 e. The highest BCUT2D eigenvalue weighted by Gasteiger charge is 2.12. The van der Waals surface area contributed by atoms with Crippen LogP contribution in [-0.2, 0) is 0 Å². The van der Waals surface area contributed by atoms with Gasteiger partial charge in [0, 0.05) is 15.4 Å². The molecule has 2 aromatic carbocycles. The lowest BCUT2D eigenvalue weighted by Crippen LogP contribution is -1.93. The molecule has 0 fully saturated rings. The Morgan fingerprint density at radius 2 is 1.85 bits per heavy atom. The van der Waals surface area contributed by atoms with Crippen LogP contribution in [0.3, 0.4) is 0 Å². The van der Waals surface area contributed by atoms with Crippen LogP contribution in [0.1, 0.15) is 5.56 Å². The Bertz CT molecular complexity index is 818. The van der Waals surface area contributed by atoms with Gasteiger partial charge in [-0.15, -0.1) is 0 Å². The van der Waals surface area contributed by atoms with Crippen LogP contribution in [0, 0.1) is 6.92 Å². The molecule has 2 nitrogen and oxygen atoms in total. The Hall–Kier alpha value is -1.16. The molecule has 1 aromatic heterocycles. The van der Waals surface area contributed by atoms with Crippen molar-refractivity contribution in [2.75, 3.05) is 0 Å². The summed E-state index contributed by atoms with van der Waals surface area (Å²) >= 11 is 16.0. The summed E-state index contributed by atoms with van der Waals surface area (Å²) in [6.45, 7) is 1.99. The minimum absolute atomic E-state index is 0.419. The van der Waals surface area contributed by atoms with Crippen LogP contribution in [0.25, 0.3) is 22.3 Å². The third-order valence-electron chi connectivity index (χ3n) is 3.00. The van der Waals surface area contributed by atoms with Crippen molar-refractivity contribution in [1.29, 1.82) is 0 Å². The minimum Gasteiger partial charge on any atom is -0.227 e. The van der Waals surface area contributed by atoms with Crippen molar-refractivity contribution >= 4 is 50.0 Å². The highest BCUT2D eigenvalue weighted by atomic mass is 79.9. The molecule has 0 aliphatic heterocycles. The molecular formula is C15H9BrCl2N2. The van der Waals surface area contributed by atoms with Gasteiger partial charge in [-0.3, -0.25) is 0 Å². The van der Waals surface area contributed by atoms with Crippen molar-refractivity contribution in [3.8, 4) is 11.4 Å². The van der Waals surface area contributed by atoms with Crippen LogP contribution < -0.4 is 0 Å². The van der Waals surface area contributed by atoms with Crippen LogP contribution in [0.5, 0.6) is 0 Å². The molecule has 5 heteroatoms. The first-order chi connectivity index (χ1) is 9.56. The van der Waals surface area contributed by atoms with Crippen molar-refractivity contribution in [1.82, 2.24) is 9.97 Å². The van der Waals surface area contributed by atoms with Gasteiger partial charge < -0.3 is 0 Å². The number of halogens is 3. The minimum atomic E-state index is 0.419. The molecule has 0 amide bonds. The second kappa shape index (κ2) is 5.32. The van der Waals surface area contributed by atoms with Crippen LogP contribution in [0.15, 0.2) is 40.9 Å². The number of aromatic nitrogens is 2. The van der Waals surface area contributed by atoms with Gasteiger partial charge in [0.05, 0.1) is 10.5 Å². The summed E-state index contributed by atoms with van der Waals surface area (Å²) in [5, 5.41) is 1.85. The molecule has 0 bridgehead atoms. The van der Waals surface area contributed by atoms with Crippen LogP contribution in [0.4, 0.5) is 0 Å². The zero-order valence-corrected chi connectivity index (χ0v) is 13.6. The van der Waals surface area contributed by atoms with E-state index >= 15 is 0 Å². The SMILES string of the molecule is Cc1ccc(-c2nc(Cl)c3cccc(Br)c3n2)c(Cl)c1. The Kier molecular flexibility index (Phi) is 3.67. The molecule has 0 radical (unpaired) electrons. The molecule has 0 saturated heterocycles. The van der Waals surface area contributed by atoms with Gasteiger partial charge in [-0.1, -0.05) is 35.3 Å². The van der Waals surface area contributed by atoms with E-state index in [1.54, 1.807) is 0 Å². The monoisotopic (exact) mass is 366 g/mol. The van der Waals surface area contributed by atoms with E-state index in [1.165, 1.54) is 0 Å². The van der Waals surface area contributed by atoms with E-state index in [1.807, 2.05) is 43.3 Å². The van der Waals surface area contributed by atoms with E-state index in [9.17, 15) is 0 Å². The molecule has 3 rings (SSSR count). The zero-order chi connectivity index (χ0) is 14.3. The smallest absolute Gasteiger partial charge is 0.163 e. The molecule has 0 N–H and O–H groups in total. The lowest BCUT2D eigenvalue weighted by atomic mass is 10.1. The topological polar surface area (TPSA) is 25.8 Å². The Balaban J connectivity index is 2.29. The fourth-order valence-electron chi connectivity index (χ4n) is 2.00. The van der Waals surface area contributed by atoms with Gasteiger partial charge in [0.1, 0.15) is 5.15 Å². The summed E-state index contributed by atoms with van der Waals surface area (Å²) in [4.78, 5) is 8.92. The highest BCUT2D eigenvalue weighted by molar-refractivity contribution is 9.10. The van der Waals surface area contributed by atoms with E-state index in [0.29, 0.717) is 16.0 Å². The molecule has 3 aromatic rings. The number of aryl methyl sites for hydroxylation is 1. The fourth-order valence-corrected chi connectivity index (χ4v) is 3.01. The summed E-state index contributed by atoms with van der Waals surface area (Å²) in [6.07, 6.45) is 0.